The second-order valence-corrected chi connectivity index (χ2v) is 9.36. The summed E-state index contributed by atoms with van der Waals surface area (Å²) in [6, 6.07) is 19.2. The van der Waals surface area contributed by atoms with E-state index in [-0.39, 0.29) is 16.3 Å². The molecule has 0 atom stereocenters. The quantitative estimate of drug-likeness (QED) is 0.383. The van der Waals surface area contributed by atoms with E-state index in [2.05, 4.69) is 4.98 Å². The molecule has 0 fully saturated rings. The minimum absolute atomic E-state index is 0.112. The molecule has 33 heavy (non-hydrogen) atoms. The van der Waals surface area contributed by atoms with E-state index in [1.807, 2.05) is 19.1 Å². The Kier molecular flexibility index (Phi) is 6.01. The number of aromatic nitrogens is 2. The SMILES string of the molecule is Cc1ccccc1Oc1nc2ccccn2c(=O)c1/C=C(\C#N)S(=O)(=O)c1ccc(Cl)cc1. The van der Waals surface area contributed by atoms with Crippen LogP contribution in [-0.4, -0.2) is 17.8 Å². The summed E-state index contributed by atoms with van der Waals surface area (Å²) >= 11 is 5.85. The van der Waals surface area contributed by atoms with Crippen molar-refractivity contribution in [2.75, 3.05) is 0 Å². The molecule has 4 rings (SSSR count). The molecule has 2 aromatic carbocycles. The lowest BCUT2D eigenvalue weighted by atomic mass is 10.2. The molecule has 0 aliphatic rings. The Balaban J connectivity index is 1.95. The van der Waals surface area contributed by atoms with Gasteiger partial charge in [-0.3, -0.25) is 9.20 Å². The first-order valence-corrected chi connectivity index (χ1v) is 11.5. The molecule has 0 bridgehead atoms. The van der Waals surface area contributed by atoms with Gasteiger partial charge in [-0.15, -0.1) is 0 Å². The van der Waals surface area contributed by atoms with Gasteiger partial charge < -0.3 is 4.74 Å². The number of allylic oxidation sites excluding steroid dienone is 1. The molecule has 7 nitrogen and oxygen atoms in total. The van der Waals surface area contributed by atoms with Gasteiger partial charge in [-0.2, -0.15) is 10.2 Å². The van der Waals surface area contributed by atoms with Crippen molar-refractivity contribution in [3.8, 4) is 17.7 Å². The van der Waals surface area contributed by atoms with Gasteiger partial charge in [0.25, 0.3) is 5.56 Å². The molecular formula is C24H16ClN3O4S. The zero-order valence-corrected chi connectivity index (χ0v) is 18.8. The minimum atomic E-state index is -4.22. The molecule has 0 amide bonds. The van der Waals surface area contributed by atoms with Crippen LogP contribution in [0.4, 0.5) is 0 Å². The molecule has 0 saturated heterocycles. The number of hydrogen-bond acceptors (Lipinski definition) is 6. The monoisotopic (exact) mass is 477 g/mol. The highest BCUT2D eigenvalue weighted by Crippen LogP contribution is 2.28. The molecule has 2 heterocycles. The first kappa shape index (κ1) is 22.3. The zero-order valence-electron chi connectivity index (χ0n) is 17.3. The first-order valence-electron chi connectivity index (χ1n) is 9.68. The van der Waals surface area contributed by atoms with E-state index in [4.69, 9.17) is 16.3 Å². The smallest absolute Gasteiger partial charge is 0.269 e. The lowest BCUT2D eigenvalue weighted by Crippen LogP contribution is -2.19. The summed E-state index contributed by atoms with van der Waals surface area (Å²) in [7, 11) is -4.22. The van der Waals surface area contributed by atoms with Crippen LogP contribution in [-0.2, 0) is 9.84 Å². The van der Waals surface area contributed by atoms with Gasteiger partial charge in [0.05, 0.1) is 4.90 Å². The zero-order chi connectivity index (χ0) is 23.6. The molecule has 0 N–H and O–H groups in total. The Hall–Kier alpha value is -3.93. The van der Waals surface area contributed by atoms with E-state index in [0.29, 0.717) is 16.4 Å². The van der Waals surface area contributed by atoms with Crippen LogP contribution in [0.15, 0.2) is 87.5 Å². The minimum Gasteiger partial charge on any atom is -0.438 e. The van der Waals surface area contributed by atoms with Crippen LogP contribution in [0.3, 0.4) is 0 Å². The van der Waals surface area contributed by atoms with Gasteiger partial charge in [0.1, 0.15) is 27.9 Å². The first-order chi connectivity index (χ1) is 15.8. The van der Waals surface area contributed by atoms with Gasteiger partial charge in [0.15, 0.2) is 0 Å². The highest BCUT2D eigenvalue weighted by molar-refractivity contribution is 7.95. The molecule has 0 unspecified atom stereocenters. The maximum Gasteiger partial charge on any atom is 0.269 e. The second kappa shape index (κ2) is 8.90. The van der Waals surface area contributed by atoms with E-state index in [9.17, 15) is 18.5 Å². The van der Waals surface area contributed by atoms with Crippen molar-refractivity contribution in [2.45, 2.75) is 11.8 Å². The van der Waals surface area contributed by atoms with Crippen molar-refractivity contribution in [1.29, 1.82) is 5.26 Å². The number of benzene rings is 2. The van der Waals surface area contributed by atoms with Crippen molar-refractivity contribution in [3.05, 3.63) is 104 Å². The van der Waals surface area contributed by atoms with Gasteiger partial charge in [-0.1, -0.05) is 35.9 Å². The maximum atomic E-state index is 13.3. The number of nitrogens with zero attached hydrogens (tertiary/aromatic N) is 3. The third-order valence-corrected chi connectivity index (χ3v) is 6.77. The van der Waals surface area contributed by atoms with Gasteiger partial charge >= 0.3 is 0 Å². The van der Waals surface area contributed by atoms with E-state index in [0.717, 1.165) is 11.6 Å². The molecule has 0 aliphatic heterocycles. The van der Waals surface area contributed by atoms with Crippen molar-refractivity contribution >= 4 is 33.2 Å². The highest BCUT2D eigenvalue weighted by atomic mass is 35.5. The highest BCUT2D eigenvalue weighted by Gasteiger charge is 2.23. The average molecular weight is 478 g/mol. The predicted octanol–water partition coefficient (Wildman–Crippen LogP) is 4.79. The Labute approximate surface area is 194 Å². The van der Waals surface area contributed by atoms with Crippen LogP contribution in [0, 0.1) is 18.3 Å². The summed E-state index contributed by atoms with van der Waals surface area (Å²) in [5.41, 5.74) is 0.346. The van der Waals surface area contributed by atoms with Crippen molar-refractivity contribution in [3.63, 3.8) is 0 Å². The van der Waals surface area contributed by atoms with Gasteiger partial charge in [0.2, 0.25) is 15.7 Å². The number of aryl methyl sites for hydroxylation is 1. The summed E-state index contributed by atoms with van der Waals surface area (Å²) in [5, 5.41) is 10.0. The molecule has 164 valence electrons. The fourth-order valence-corrected chi connectivity index (χ4v) is 4.37. The fraction of sp³-hybridized carbons (Fsp3) is 0.0417. The number of hydrogen-bond donors (Lipinski definition) is 0. The van der Waals surface area contributed by atoms with Crippen LogP contribution in [0.2, 0.25) is 5.02 Å². The average Bonchev–Trinajstić information content (AvgIpc) is 2.80. The van der Waals surface area contributed by atoms with Gasteiger partial charge in [0, 0.05) is 11.2 Å². The summed E-state index contributed by atoms with van der Waals surface area (Å²) in [4.78, 5) is 16.9. The molecule has 0 aliphatic carbocycles. The van der Waals surface area contributed by atoms with Crippen LogP contribution in [0.25, 0.3) is 11.7 Å². The summed E-state index contributed by atoms with van der Waals surface area (Å²) in [5.74, 6) is 0.331. The predicted molar refractivity (Wildman–Crippen MR) is 125 cm³/mol. The molecular weight excluding hydrogens is 462 g/mol. The fourth-order valence-electron chi connectivity index (χ4n) is 3.10. The number of halogens is 1. The normalized spacial score (nSPS) is 11.8. The van der Waals surface area contributed by atoms with Crippen LogP contribution in [0.1, 0.15) is 11.1 Å². The van der Waals surface area contributed by atoms with E-state index < -0.39 is 20.3 Å². The molecule has 0 radical (unpaired) electrons. The van der Waals surface area contributed by atoms with Gasteiger partial charge in [-0.25, -0.2) is 8.42 Å². The summed E-state index contributed by atoms with van der Waals surface area (Å²) in [6.07, 6.45) is 2.49. The lowest BCUT2D eigenvalue weighted by molar-refractivity contribution is 0.457. The van der Waals surface area contributed by atoms with Crippen molar-refractivity contribution in [1.82, 2.24) is 9.38 Å². The number of rotatable bonds is 5. The van der Waals surface area contributed by atoms with Crippen molar-refractivity contribution in [2.24, 2.45) is 0 Å². The van der Waals surface area contributed by atoms with Crippen LogP contribution < -0.4 is 10.3 Å². The second-order valence-electron chi connectivity index (χ2n) is 7.01. The number of para-hydroxylation sites is 1. The molecule has 2 aromatic heterocycles. The molecule has 0 saturated carbocycles. The van der Waals surface area contributed by atoms with Crippen molar-refractivity contribution < 1.29 is 13.2 Å². The molecule has 9 heteroatoms. The number of sulfone groups is 1. The lowest BCUT2D eigenvalue weighted by Gasteiger charge is -2.12. The third-order valence-electron chi connectivity index (χ3n) is 4.83. The van der Waals surface area contributed by atoms with E-state index in [1.54, 1.807) is 36.4 Å². The molecule has 0 spiro atoms. The van der Waals surface area contributed by atoms with Crippen LogP contribution >= 0.6 is 11.6 Å². The topological polar surface area (TPSA) is 102 Å². The Morgan fingerprint density at radius 2 is 1.79 bits per heavy atom. The van der Waals surface area contributed by atoms with E-state index in [1.165, 1.54) is 34.9 Å². The summed E-state index contributed by atoms with van der Waals surface area (Å²) < 4.78 is 33.3. The standard InChI is InChI=1S/C24H16ClN3O4S/c1-16-6-2-3-7-21(16)32-23-20(24(29)28-13-5-4-8-22(28)27-23)14-19(15-26)33(30,31)18-11-9-17(25)10-12-18/h2-14H,1H3/b19-14+. The van der Waals surface area contributed by atoms with Gasteiger partial charge in [-0.05, 0) is 61.0 Å². The Bertz CT molecular complexity index is 1600. The Morgan fingerprint density at radius 3 is 2.48 bits per heavy atom. The number of ether oxygens (including phenoxy) is 1. The number of pyridine rings is 1. The van der Waals surface area contributed by atoms with E-state index >= 15 is 0 Å². The molecule has 4 aromatic rings. The largest absolute Gasteiger partial charge is 0.438 e. The summed E-state index contributed by atoms with van der Waals surface area (Å²) in [6.45, 7) is 1.82. The Morgan fingerprint density at radius 1 is 1.09 bits per heavy atom. The maximum absolute atomic E-state index is 13.3. The van der Waals surface area contributed by atoms with Crippen LogP contribution in [0.5, 0.6) is 11.6 Å². The number of fused-ring (bicyclic) bond motifs is 1. The number of nitriles is 1. The third kappa shape index (κ3) is 4.37.